The zero-order chi connectivity index (χ0) is 15.2. The number of rotatable bonds is 3. The second-order valence-corrected chi connectivity index (χ2v) is 6.36. The Balaban J connectivity index is 2.01. The number of hydrogen-bond acceptors (Lipinski definition) is 3. The molecule has 0 radical (unpaired) electrons. The minimum atomic E-state index is -0.771. The van der Waals surface area contributed by atoms with Crippen molar-refractivity contribution in [2.75, 3.05) is 13.2 Å². The van der Waals surface area contributed by atoms with Crippen LogP contribution in [0.2, 0.25) is 10.0 Å². The van der Waals surface area contributed by atoms with E-state index < -0.39 is 5.72 Å². The summed E-state index contributed by atoms with van der Waals surface area (Å²) in [5.74, 6) is 0.564. The summed E-state index contributed by atoms with van der Waals surface area (Å²) >= 11 is 12.3. The second-order valence-electron chi connectivity index (χ2n) is 5.52. The number of halogens is 2. The molecule has 2 heterocycles. The van der Waals surface area contributed by atoms with Crippen LogP contribution in [0.3, 0.4) is 0 Å². The number of aliphatic hydroxyl groups excluding tert-OH is 1. The Morgan fingerprint density at radius 3 is 3.00 bits per heavy atom. The molecule has 0 spiro atoms. The van der Waals surface area contributed by atoms with Crippen LogP contribution in [0.1, 0.15) is 31.4 Å². The number of fused-ring (bicyclic) bond motifs is 4. The van der Waals surface area contributed by atoms with E-state index in [0.29, 0.717) is 35.2 Å². The smallest absolute Gasteiger partial charge is 0.320 e. The van der Waals surface area contributed by atoms with Crippen molar-refractivity contribution in [2.45, 2.75) is 31.5 Å². The van der Waals surface area contributed by atoms with Crippen LogP contribution in [0.25, 0.3) is 0 Å². The molecule has 2 aliphatic heterocycles. The lowest BCUT2D eigenvalue weighted by molar-refractivity contribution is -0.0849. The van der Waals surface area contributed by atoms with Gasteiger partial charge in [0.1, 0.15) is 5.75 Å². The Bertz CT molecular complexity index is 596. The molecule has 3 rings (SSSR count). The molecule has 0 saturated carbocycles. The fraction of sp³-hybridized carbons (Fsp3) is 0.500. The molecular formula is C14H16Cl2N2O3. The number of carbonyl (C=O) groups is 1. The number of carbonyl (C=O) groups excluding carboxylic acids is 1. The highest BCUT2D eigenvalue weighted by molar-refractivity contribution is 6.35. The lowest BCUT2D eigenvalue weighted by Crippen LogP contribution is -2.64. The number of benzene rings is 1. The third-order valence-corrected chi connectivity index (χ3v) is 4.47. The Labute approximate surface area is 132 Å². The lowest BCUT2D eigenvalue weighted by Gasteiger charge is -2.51. The molecule has 2 atom stereocenters. The molecule has 2 amide bonds. The molecule has 7 heteroatoms. The molecule has 5 nitrogen and oxygen atoms in total. The summed E-state index contributed by atoms with van der Waals surface area (Å²) in [6.07, 6.45) is 1.10. The van der Waals surface area contributed by atoms with Gasteiger partial charge in [-0.1, -0.05) is 23.2 Å². The van der Waals surface area contributed by atoms with Crippen molar-refractivity contribution in [1.82, 2.24) is 10.2 Å². The standard InChI is InChI=1S/C14H16Cl2N2O3/c1-14-7-11(17-13(20)18(14)3-2-4-19)9-5-8(15)6-10(16)12(9)21-14/h5-6,11,19H,2-4,7H2,1H3,(H,17,20). The summed E-state index contributed by atoms with van der Waals surface area (Å²) in [6, 6.07) is 3.03. The van der Waals surface area contributed by atoms with E-state index in [0.717, 1.165) is 5.56 Å². The molecule has 2 aliphatic rings. The highest BCUT2D eigenvalue weighted by Crippen LogP contribution is 2.48. The van der Waals surface area contributed by atoms with Crippen LogP contribution in [0.15, 0.2) is 12.1 Å². The zero-order valence-electron chi connectivity index (χ0n) is 11.5. The molecule has 2 unspecified atom stereocenters. The number of hydrogen-bond donors (Lipinski definition) is 2. The largest absolute Gasteiger partial charge is 0.466 e. The topological polar surface area (TPSA) is 61.8 Å². The molecule has 2 N–H and O–H groups in total. The zero-order valence-corrected chi connectivity index (χ0v) is 13.0. The number of urea groups is 1. The average molecular weight is 331 g/mol. The molecule has 114 valence electrons. The SMILES string of the molecule is CC12CC(NC(=O)N1CCCO)c1cc(Cl)cc(Cl)c1O2. The van der Waals surface area contributed by atoms with Gasteiger partial charge in [-0.3, -0.25) is 4.90 Å². The minimum absolute atomic E-state index is 0.0240. The lowest BCUT2D eigenvalue weighted by atomic mass is 9.90. The summed E-state index contributed by atoms with van der Waals surface area (Å²) in [6.45, 7) is 2.31. The van der Waals surface area contributed by atoms with Crippen molar-refractivity contribution in [1.29, 1.82) is 0 Å². The van der Waals surface area contributed by atoms with Gasteiger partial charge in [0, 0.05) is 30.2 Å². The summed E-state index contributed by atoms with van der Waals surface area (Å²) in [7, 11) is 0. The van der Waals surface area contributed by atoms with Crippen molar-refractivity contribution < 1.29 is 14.6 Å². The van der Waals surface area contributed by atoms with Gasteiger partial charge in [-0.2, -0.15) is 0 Å². The maximum Gasteiger partial charge on any atom is 0.320 e. The number of aliphatic hydroxyl groups is 1. The van der Waals surface area contributed by atoms with Gasteiger partial charge in [0.15, 0.2) is 5.72 Å². The highest BCUT2D eigenvalue weighted by Gasteiger charge is 2.49. The first-order chi connectivity index (χ1) is 9.94. The van der Waals surface area contributed by atoms with Crippen LogP contribution in [0, 0.1) is 0 Å². The monoisotopic (exact) mass is 330 g/mol. The van der Waals surface area contributed by atoms with E-state index in [1.807, 2.05) is 6.92 Å². The van der Waals surface area contributed by atoms with Gasteiger partial charge in [-0.05, 0) is 25.5 Å². The highest BCUT2D eigenvalue weighted by atomic mass is 35.5. The number of ether oxygens (including phenoxy) is 1. The van der Waals surface area contributed by atoms with E-state index in [2.05, 4.69) is 5.32 Å². The number of amides is 2. The molecule has 21 heavy (non-hydrogen) atoms. The first-order valence-corrected chi connectivity index (χ1v) is 7.57. The van der Waals surface area contributed by atoms with E-state index in [1.54, 1.807) is 17.0 Å². The summed E-state index contributed by atoms with van der Waals surface area (Å²) in [5, 5.41) is 12.9. The predicted octanol–water partition coefficient (Wildman–Crippen LogP) is 2.94. The molecule has 1 saturated heterocycles. The summed E-state index contributed by atoms with van der Waals surface area (Å²) < 4.78 is 6.05. The van der Waals surface area contributed by atoms with E-state index in [-0.39, 0.29) is 18.7 Å². The normalized spacial score (nSPS) is 27.0. The Morgan fingerprint density at radius 2 is 2.29 bits per heavy atom. The van der Waals surface area contributed by atoms with Gasteiger partial charge >= 0.3 is 6.03 Å². The van der Waals surface area contributed by atoms with Crippen molar-refractivity contribution >= 4 is 29.2 Å². The Kier molecular flexibility index (Phi) is 3.67. The molecule has 1 fully saturated rings. The molecule has 0 aliphatic carbocycles. The first-order valence-electron chi connectivity index (χ1n) is 6.81. The fourth-order valence-electron chi connectivity index (χ4n) is 3.00. The van der Waals surface area contributed by atoms with Crippen molar-refractivity contribution in [3.05, 3.63) is 27.7 Å². The molecule has 2 bridgehead atoms. The van der Waals surface area contributed by atoms with Crippen molar-refractivity contribution in [2.24, 2.45) is 0 Å². The minimum Gasteiger partial charge on any atom is -0.466 e. The third kappa shape index (κ3) is 2.43. The van der Waals surface area contributed by atoms with Gasteiger partial charge in [0.2, 0.25) is 0 Å². The van der Waals surface area contributed by atoms with E-state index in [1.165, 1.54) is 0 Å². The van der Waals surface area contributed by atoms with Gasteiger partial charge in [0.05, 0.1) is 11.1 Å². The van der Waals surface area contributed by atoms with Gasteiger partial charge in [-0.25, -0.2) is 4.79 Å². The van der Waals surface area contributed by atoms with Crippen LogP contribution in [-0.4, -0.2) is 34.9 Å². The van der Waals surface area contributed by atoms with Gasteiger partial charge in [-0.15, -0.1) is 0 Å². The van der Waals surface area contributed by atoms with Crippen LogP contribution >= 0.6 is 23.2 Å². The quantitative estimate of drug-likeness (QED) is 0.895. The Morgan fingerprint density at radius 1 is 1.52 bits per heavy atom. The molecule has 1 aromatic rings. The predicted molar refractivity (Wildman–Crippen MR) is 79.8 cm³/mol. The second kappa shape index (κ2) is 5.23. The van der Waals surface area contributed by atoms with E-state index >= 15 is 0 Å². The van der Waals surface area contributed by atoms with Crippen LogP contribution in [-0.2, 0) is 0 Å². The van der Waals surface area contributed by atoms with Crippen molar-refractivity contribution in [3.63, 3.8) is 0 Å². The first kappa shape index (κ1) is 14.8. The molecule has 0 aromatic heterocycles. The number of nitrogens with zero attached hydrogens (tertiary/aromatic N) is 1. The Hall–Kier alpha value is -1.17. The van der Waals surface area contributed by atoms with Crippen LogP contribution < -0.4 is 10.1 Å². The molecular weight excluding hydrogens is 315 g/mol. The fourth-order valence-corrected chi connectivity index (χ4v) is 3.55. The number of nitrogens with one attached hydrogen (secondary N) is 1. The maximum absolute atomic E-state index is 12.3. The third-order valence-electron chi connectivity index (χ3n) is 3.97. The van der Waals surface area contributed by atoms with Crippen LogP contribution in [0.4, 0.5) is 4.79 Å². The van der Waals surface area contributed by atoms with Crippen LogP contribution in [0.5, 0.6) is 5.75 Å². The molecule has 1 aromatic carbocycles. The summed E-state index contributed by atoms with van der Waals surface area (Å²) in [5.41, 5.74) is 0.0345. The average Bonchev–Trinajstić information content (AvgIpc) is 2.40. The summed E-state index contributed by atoms with van der Waals surface area (Å²) in [4.78, 5) is 13.9. The van der Waals surface area contributed by atoms with E-state index in [4.69, 9.17) is 33.0 Å². The van der Waals surface area contributed by atoms with Gasteiger partial charge < -0.3 is 15.2 Å². The van der Waals surface area contributed by atoms with E-state index in [9.17, 15) is 4.79 Å². The maximum atomic E-state index is 12.3. The van der Waals surface area contributed by atoms with Crippen molar-refractivity contribution in [3.8, 4) is 5.75 Å². The van der Waals surface area contributed by atoms with Gasteiger partial charge in [0.25, 0.3) is 0 Å².